The zero-order chi connectivity index (χ0) is 14.1. The van der Waals surface area contributed by atoms with Gasteiger partial charge in [0.15, 0.2) is 0 Å². The van der Waals surface area contributed by atoms with E-state index in [0.717, 1.165) is 25.9 Å². The second-order valence-corrected chi connectivity index (χ2v) is 5.57. The fraction of sp³-hybridized carbons (Fsp3) is 0.933. The molecule has 3 heteroatoms. The zero-order valence-corrected chi connectivity index (χ0v) is 13.1. The minimum Gasteiger partial charge on any atom is -0.339 e. The summed E-state index contributed by atoms with van der Waals surface area (Å²) in [7, 11) is 0. The van der Waals surface area contributed by atoms with Crippen LogP contribution in [0.3, 0.4) is 0 Å². The lowest BCUT2D eigenvalue weighted by molar-refractivity contribution is -0.134. The number of amides is 1. The van der Waals surface area contributed by atoms with Crippen LogP contribution in [0.5, 0.6) is 0 Å². The van der Waals surface area contributed by atoms with Crippen molar-refractivity contribution in [1.29, 1.82) is 0 Å². The summed E-state index contributed by atoms with van der Waals surface area (Å²) < 4.78 is 0. The van der Waals surface area contributed by atoms with Gasteiger partial charge in [-0.2, -0.15) is 0 Å². The molecule has 0 saturated heterocycles. The number of nitrogens with one attached hydrogen (secondary N) is 1. The molecule has 1 atom stereocenters. The molecule has 0 heterocycles. The Hall–Kier alpha value is -0.570. The molecule has 0 fully saturated rings. The quantitative estimate of drug-likeness (QED) is 0.687. The third-order valence-electron chi connectivity index (χ3n) is 3.30. The summed E-state index contributed by atoms with van der Waals surface area (Å²) in [5, 5.41) is 3.31. The second kappa shape index (κ2) is 9.37. The molecule has 0 aromatic carbocycles. The highest BCUT2D eigenvalue weighted by atomic mass is 16.2. The standard InChI is InChI=1S/C15H32N2O/c1-7-14(8-2)17(11-12(4)5)15(18)10-13(6)16-9-3/h12-14,16H,7-11H2,1-6H3. The Bertz CT molecular complexity index is 225. The lowest BCUT2D eigenvalue weighted by Gasteiger charge is -2.33. The van der Waals surface area contributed by atoms with Crippen LogP contribution in [0.15, 0.2) is 0 Å². The van der Waals surface area contributed by atoms with Crippen molar-refractivity contribution < 1.29 is 4.79 Å². The number of carbonyl (C=O) groups is 1. The normalized spacial score (nSPS) is 13.1. The number of nitrogens with zero attached hydrogens (tertiary/aromatic N) is 1. The van der Waals surface area contributed by atoms with Crippen LogP contribution < -0.4 is 5.32 Å². The molecule has 1 unspecified atom stereocenters. The Morgan fingerprint density at radius 1 is 1.11 bits per heavy atom. The fourth-order valence-electron chi connectivity index (χ4n) is 2.38. The van der Waals surface area contributed by atoms with Gasteiger partial charge in [0, 0.05) is 25.0 Å². The summed E-state index contributed by atoms with van der Waals surface area (Å²) in [6, 6.07) is 0.667. The molecule has 0 saturated carbocycles. The number of hydrogen-bond acceptors (Lipinski definition) is 2. The van der Waals surface area contributed by atoms with Crippen molar-refractivity contribution in [3.8, 4) is 0 Å². The Labute approximate surface area is 113 Å². The van der Waals surface area contributed by atoms with E-state index < -0.39 is 0 Å². The molecular formula is C15H32N2O. The van der Waals surface area contributed by atoms with Crippen LogP contribution in [0.25, 0.3) is 0 Å². The van der Waals surface area contributed by atoms with Gasteiger partial charge in [-0.3, -0.25) is 4.79 Å². The van der Waals surface area contributed by atoms with Crippen molar-refractivity contribution in [2.75, 3.05) is 13.1 Å². The first kappa shape index (κ1) is 17.4. The van der Waals surface area contributed by atoms with Crippen LogP contribution in [0.2, 0.25) is 0 Å². The highest BCUT2D eigenvalue weighted by Gasteiger charge is 2.22. The first-order valence-electron chi connectivity index (χ1n) is 7.48. The van der Waals surface area contributed by atoms with Crippen molar-refractivity contribution in [3.63, 3.8) is 0 Å². The molecule has 108 valence electrons. The van der Waals surface area contributed by atoms with Gasteiger partial charge in [0.05, 0.1) is 0 Å². The maximum absolute atomic E-state index is 12.4. The molecule has 3 nitrogen and oxygen atoms in total. The van der Waals surface area contributed by atoms with E-state index in [4.69, 9.17) is 0 Å². The largest absolute Gasteiger partial charge is 0.339 e. The third kappa shape index (κ3) is 6.39. The minimum atomic E-state index is 0.270. The molecule has 0 aliphatic rings. The van der Waals surface area contributed by atoms with E-state index in [0.29, 0.717) is 24.3 Å². The van der Waals surface area contributed by atoms with Gasteiger partial charge in [-0.15, -0.1) is 0 Å². The molecule has 0 aliphatic carbocycles. The van der Waals surface area contributed by atoms with Crippen LogP contribution in [0.4, 0.5) is 0 Å². The molecule has 0 bridgehead atoms. The first-order valence-corrected chi connectivity index (χ1v) is 7.48. The summed E-state index contributed by atoms with van der Waals surface area (Å²) in [4.78, 5) is 14.5. The van der Waals surface area contributed by atoms with Gasteiger partial charge in [0.25, 0.3) is 0 Å². The van der Waals surface area contributed by atoms with E-state index in [1.165, 1.54) is 0 Å². The van der Waals surface area contributed by atoms with Crippen molar-refractivity contribution in [3.05, 3.63) is 0 Å². The first-order chi connectivity index (χ1) is 8.46. The zero-order valence-electron chi connectivity index (χ0n) is 13.1. The van der Waals surface area contributed by atoms with E-state index >= 15 is 0 Å². The van der Waals surface area contributed by atoms with E-state index in [9.17, 15) is 4.79 Å². The van der Waals surface area contributed by atoms with Gasteiger partial charge in [-0.05, 0) is 32.2 Å². The summed E-state index contributed by atoms with van der Waals surface area (Å²) in [5.41, 5.74) is 0. The Balaban J connectivity index is 4.58. The summed E-state index contributed by atoms with van der Waals surface area (Å²) in [6.07, 6.45) is 2.70. The predicted molar refractivity (Wildman–Crippen MR) is 78.7 cm³/mol. The summed E-state index contributed by atoms with van der Waals surface area (Å²) in [6.45, 7) is 14.7. The van der Waals surface area contributed by atoms with Gasteiger partial charge < -0.3 is 10.2 Å². The number of hydrogen-bond donors (Lipinski definition) is 1. The van der Waals surface area contributed by atoms with E-state index in [1.807, 2.05) is 0 Å². The number of carbonyl (C=O) groups excluding carboxylic acids is 1. The fourth-order valence-corrected chi connectivity index (χ4v) is 2.38. The molecular weight excluding hydrogens is 224 g/mol. The van der Waals surface area contributed by atoms with Crippen molar-refractivity contribution in [2.45, 2.75) is 72.9 Å². The number of rotatable bonds is 9. The SMILES string of the molecule is CCNC(C)CC(=O)N(CC(C)C)C(CC)CC. The van der Waals surface area contributed by atoms with Crippen LogP contribution in [0.1, 0.15) is 60.8 Å². The molecule has 0 aromatic heterocycles. The predicted octanol–water partition coefficient (Wildman–Crippen LogP) is 3.05. The lowest BCUT2D eigenvalue weighted by Crippen LogP contribution is -2.44. The monoisotopic (exact) mass is 256 g/mol. The Morgan fingerprint density at radius 3 is 2.06 bits per heavy atom. The smallest absolute Gasteiger partial charge is 0.224 e. The van der Waals surface area contributed by atoms with Gasteiger partial charge in [-0.1, -0.05) is 34.6 Å². The Kier molecular flexibility index (Phi) is 9.08. The van der Waals surface area contributed by atoms with Crippen LogP contribution in [-0.2, 0) is 4.79 Å². The van der Waals surface area contributed by atoms with Crippen LogP contribution >= 0.6 is 0 Å². The average Bonchev–Trinajstić information content (AvgIpc) is 2.28. The lowest BCUT2D eigenvalue weighted by atomic mass is 10.1. The topological polar surface area (TPSA) is 32.3 Å². The van der Waals surface area contributed by atoms with Crippen molar-refractivity contribution >= 4 is 5.91 Å². The molecule has 0 radical (unpaired) electrons. The highest BCUT2D eigenvalue weighted by Crippen LogP contribution is 2.13. The van der Waals surface area contributed by atoms with Crippen LogP contribution in [-0.4, -0.2) is 36.0 Å². The second-order valence-electron chi connectivity index (χ2n) is 5.57. The summed E-state index contributed by atoms with van der Waals surface area (Å²) in [5.74, 6) is 0.829. The molecule has 0 spiro atoms. The van der Waals surface area contributed by atoms with Crippen molar-refractivity contribution in [2.24, 2.45) is 5.92 Å². The molecule has 0 rings (SSSR count). The molecule has 1 N–H and O–H groups in total. The van der Waals surface area contributed by atoms with E-state index in [1.54, 1.807) is 0 Å². The average molecular weight is 256 g/mol. The van der Waals surface area contributed by atoms with Gasteiger partial charge in [-0.25, -0.2) is 0 Å². The van der Waals surface area contributed by atoms with Crippen molar-refractivity contribution in [1.82, 2.24) is 10.2 Å². The van der Waals surface area contributed by atoms with Crippen LogP contribution in [0, 0.1) is 5.92 Å². The molecule has 0 aliphatic heterocycles. The van der Waals surface area contributed by atoms with Gasteiger partial charge in [0.1, 0.15) is 0 Å². The minimum absolute atomic E-state index is 0.270. The van der Waals surface area contributed by atoms with E-state index in [-0.39, 0.29) is 6.04 Å². The Morgan fingerprint density at radius 2 is 1.67 bits per heavy atom. The van der Waals surface area contributed by atoms with Gasteiger partial charge in [0.2, 0.25) is 5.91 Å². The third-order valence-corrected chi connectivity index (χ3v) is 3.30. The highest BCUT2D eigenvalue weighted by molar-refractivity contribution is 5.77. The molecule has 0 aromatic rings. The summed E-state index contributed by atoms with van der Waals surface area (Å²) >= 11 is 0. The van der Waals surface area contributed by atoms with Gasteiger partial charge >= 0.3 is 0 Å². The maximum atomic E-state index is 12.4. The molecule has 18 heavy (non-hydrogen) atoms. The van der Waals surface area contributed by atoms with E-state index in [2.05, 4.69) is 51.8 Å². The molecule has 1 amide bonds. The maximum Gasteiger partial charge on any atom is 0.224 e.